The van der Waals surface area contributed by atoms with Crippen LogP contribution in [-0.4, -0.2) is 13.1 Å². The molecule has 0 aliphatic heterocycles. The lowest BCUT2D eigenvalue weighted by Gasteiger charge is -2.15. The van der Waals surface area contributed by atoms with E-state index in [0.29, 0.717) is 0 Å². The van der Waals surface area contributed by atoms with Gasteiger partial charge in [0, 0.05) is 4.88 Å². The van der Waals surface area contributed by atoms with Crippen LogP contribution in [0.2, 0.25) is 4.34 Å². The fraction of sp³-hybridized carbons (Fsp3) is 0.385. The first-order chi connectivity index (χ1) is 8.81. The molecule has 0 fully saturated rings. The molecule has 1 atom stereocenters. The van der Waals surface area contributed by atoms with Crippen molar-refractivity contribution in [3.05, 3.63) is 45.5 Å². The molecule has 0 aliphatic rings. The average Bonchev–Trinajstić information content (AvgIpc) is 3.01. The standard InChI is InChI=1S/C13H17ClN2OS/c14-12-6-5-11(18-12)13(10-4-3-9-17-10)16-8-2-1-7-15/h3-6,9,13,16H,1-2,7-8,15H2. The summed E-state index contributed by atoms with van der Waals surface area (Å²) in [5, 5.41) is 3.49. The molecular formula is C13H17ClN2OS. The highest BCUT2D eigenvalue weighted by Gasteiger charge is 2.17. The van der Waals surface area contributed by atoms with E-state index in [4.69, 9.17) is 21.8 Å². The van der Waals surface area contributed by atoms with Crippen molar-refractivity contribution in [1.29, 1.82) is 0 Å². The maximum atomic E-state index is 5.99. The van der Waals surface area contributed by atoms with Crippen molar-refractivity contribution >= 4 is 22.9 Å². The second-order valence-electron chi connectivity index (χ2n) is 4.04. The zero-order chi connectivity index (χ0) is 12.8. The number of hydrogen-bond acceptors (Lipinski definition) is 4. The number of thiophene rings is 1. The Bertz CT molecular complexity index is 455. The van der Waals surface area contributed by atoms with Gasteiger partial charge in [0.2, 0.25) is 0 Å². The lowest BCUT2D eigenvalue weighted by Crippen LogP contribution is -2.22. The quantitative estimate of drug-likeness (QED) is 0.766. The summed E-state index contributed by atoms with van der Waals surface area (Å²) in [6, 6.07) is 7.91. The Labute approximate surface area is 116 Å². The number of hydrogen-bond donors (Lipinski definition) is 2. The summed E-state index contributed by atoms with van der Waals surface area (Å²) in [5.74, 6) is 0.918. The van der Waals surface area contributed by atoms with Crippen LogP contribution < -0.4 is 11.1 Å². The van der Waals surface area contributed by atoms with Gasteiger partial charge in [0.1, 0.15) is 11.8 Å². The van der Waals surface area contributed by atoms with Crippen molar-refractivity contribution in [3.63, 3.8) is 0 Å². The minimum absolute atomic E-state index is 0.0790. The third-order valence-corrected chi connectivity index (χ3v) is 3.98. The van der Waals surface area contributed by atoms with Gasteiger partial charge in [0.25, 0.3) is 0 Å². The summed E-state index contributed by atoms with van der Waals surface area (Å²) < 4.78 is 6.29. The van der Waals surface area contributed by atoms with Crippen LogP contribution in [0.15, 0.2) is 34.9 Å². The van der Waals surface area contributed by atoms with Crippen molar-refractivity contribution in [2.45, 2.75) is 18.9 Å². The van der Waals surface area contributed by atoms with Crippen LogP contribution >= 0.6 is 22.9 Å². The van der Waals surface area contributed by atoms with Gasteiger partial charge in [-0.15, -0.1) is 11.3 Å². The molecule has 0 radical (unpaired) electrons. The van der Waals surface area contributed by atoms with E-state index < -0.39 is 0 Å². The smallest absolute Gasteiger partial charge is 0.126 e. The second-order valence-corrected chi connectivity index (χ2v) is 5.79. The molecular weight excluding hydrogens is 268 g/mol. The van der Waals surface area contributed by atoms with Gasteiger partial charge in [-0.25, -0.2) is 0 Å². The van der Waals surface area contributed by atoms with Crippen LogP contribution in [0.3, 0.4) is 0 Å². The molecule has 2 aromatic rings. The monoisotopic (exact) mass is 284 g/mol. The second kappa shape index (κ2) is 6.95. The minimum Gasteiger partial charge on any atom is -0.467 e. The van der Waals surface area contributed by atoms with Crippen LogP contribution in [-0.2, 0) is 0 Å². The van der Waals surface area contributed by atoms with Gasteiger partial charge < -0.3 is 15.5 Å². The highest BCUT2D eigenvalue weighted by molar-refractivity contribution is 7.16. The van der Waals surface area contributed by atoms with Crippen molar-refractivity contribution in [1.82, 2.24) is 5.32 Å². The van der Waals surface area contributed by atoms with E-state index in [0.717, 1.165) is 36.0 Å². The highest BCUT2D eigenvalue weighted by atomic mass is 35.5. The third-order valence-electron chi connectivity index (χ3n) is 2.69. The maximum Gasteiger partial charge on any atom is 0.126 e. The number of unbranched alkanes of at least 4 members (excludes halogenated alkanes) is 1. The van der Waals surface area contributed by atoms with Crippen molar-refractivity contribution in [3.8, 4) is 0 Å². The predicted octanol–water partition coefficient (Wildman–Crippen LogP) is 3.41. The number of halogens is 1. The molecule has 2 heterocycles. The van der Waals surface area contributed by atoms with Crippen molar-refractivity contribution in [2.24, 2.45) is 5.73 Å². The van der Waals surface area contributed by atoms with Gasteiger partial charge in [-0.1, -0.05) is 11.6 Å². The Morgan fingerprint density at radius 3 is 2.83 bits per heavy atom. The summed E-state index contributed by atoms with van der Waals surface area (Å²) in [7, 11) is 0. The first-order valence-electron chi connectivity index (χ1n) is 6.03. The number of furan rings is 1. The lowest BCUT2D eigenvalue weighted by atomic mass is 10.2. The molecule has 98 valence electrons. The Kier molecular flexibility index (Phi) is 5.26. The van der Waals surface area contributed by atoms with Crippen LogP contribution in [0.25, 0.3) is 0 Å². The van der Waals surface area contributed by atoms with Gasteiger partial charge in [0.15, 0.2) is 0 Å². The molecule has 0 saturated carbocycles. The first-order valence-corrected chi connectivity index (χ1v) is 7.23. The summed E-state index contributed by atoms with van der Waals surface area (Å²) in [6.45, 7) is 1.65. The van der Waals surface area contributed by atoms with E-state index in [1.807, 2.05) is 24.3 Å². The van der Waals surface area contributed by atoms with E-state index in [1.54, 1.807) is 17.6 Å². The van der Waals surface area contributed by atoms with E-state index in [9.17, 15) is 0 Å². The van der Waals surface area contributed by atoms with Crippen molar-refractivity contribution in [2.75, 3.05) is 13.1 Å². The molecule has 0 aliphatic carbocycles. The normalized spacial score (nSPS) is 12.8. The molecule has 5 heteroatoms. The van der Waals surface area contributed by atoms with E-state index in [2.05, 4.69) is 5.32 Å². The van der Waals surface area contributed by atoms with Crippen LogP contribution in [0.4, 0.5) is 0 Å². The molecule has 3 N–H and O–H groups in total. The van der Waals surface area contributed by atoms with E-state index >= 15 is 0 Å². The molecule has 0 bridgehead atoms. The Balaban J connectivity index is 2.04. The predicted molar refractivity (Wildman–Crippen MR) is 76.2 cm³/mol. The van der Waals surface area contributed by atoms with E-state index in [-0.39, 0.29) is 6.04 Å². The minimum atomic E-state index is 0.0790. The molecule has 0 spiro atoms. The summed E-state index contributed by atoms with van der Waals surface area (Å²) in [6.07, 6.45) is 3.79. The van der Waals surface area contributed by atoms with Gasteiger partial charge in [-0.2, -0.15) is 0 Å². The lowest BCUT2D eigenvalue weighted by molar-refractivity contribution is 0.446. The molecule has 18 heavy (non-hydrogen) atoms. The topological polar surface area (TPSA) is 51.2 Å². The van der Waals surface area contributed by atoms with Crippen LogP contribution in [0.1, 0.15) is 29.5 Å². The van der Waals surface area contributed by atoms with Gasteiger partial charge in [-0.3, -0.25) is 0 Å². The van der Waals surface area contributed by atoms with Crippen LogP contribution in [0, 0.1) is 0 Å². The third kappa shape index (κ3) is 3.59. The SMILES string of the molecule is NCCCCNC(c1ccco1)c1ccc(Cl)s1. The number of rotatable bonds is 7. The molecule has 3 nitrogen and oxygen atoms in total. The summed E-state index contributed by atoms with van der Waals surface area (Å²) in [4.78, 5) is 1.17. The molecule has 0 aromatic carbocycles. The largest absolute Gasteiger partial charge is 0.467 e. The molecule has 1 unspecified atom stereocenters. The Morgan fingerprint density at radius 2 is 2.22 bits per heavy atom. The molecule has 2 rings (SSSR count). The molecule has 2 aromatic heterocycles. The average molecular weight is 285 g/mol. The van der Waals surface area contributed by atoms with Crippen LogP contribution in [0.5, 0.6) is 0 Å². The maximum absolute atomic E-state index is 5.99. The fourth-order valence-corrected chi connectivity index (χ4v) is 2.94. The summed E-state index contributed by atoms with van der Waals surface area (Å²) >= 11 is 7.57. The van der Waals surface area contributed by atoms with Gasteiger partial charge in [-0.05, 0) is 50.2 Å². The molecule has 0 amide bonds. The number of nitrogens with one attached hydrogen (secondary N) is 1. The fourth-order valence-electron chi connectivity index (χ4n) is 1.80. The Hall–Kier alpha value is -0.810. The van der Waals surface area contributed by atoms with E-state index in [1.165, 1.54) is 4.88 Å². The first kappa shape index (κ1) is 13.6. The zero-order valence-corrected chi connectivity index (χ0v) is 11.6. The van der Waals surface area contributed by atoms with Crippen molar-refractivity contribution < 1.29 is 4.42 Å². The number of nitrogens with two attached hydrogens (primary N) is 1. The zero-order valence-electron chi connectivity index (χ0n) is 10.1. The highest BCUT2D eigenvalue weighted by Crippen LogP contribution is 2.31. The summed E-state index contributed by atoms with van der Waals surface area (Å²) in [5.41, 5.74) is 5.49. The Morgan fingerprint density at radius 1 is 1.33 bits per heavy atom. The molecule has 0 saturated heterocycles. The van der Waals surface area contributed by atoms with Gasteiger partial charge >= 0.3 is 0 Å². The van der Waals surface area contributed by atoms with Gasteiger partial charge in [0.05, 0.1) is 10.6 Å².